The molecule has 2 rings (SSSR count). The van der Waals surface area contributed by atoms with Gasteiger partial charge in [0.15, 0.2) is 0 Å². The zero-order chi connectivity index (χ0) is 10.8. The molecule has 2 aromatic rings. The molecule has 4 nitrogen and oxygen atoms in total. The number of hydrogen-bond acceptors (Lipinski definition) is 4. The first-order chi connectivity index (χ1) is 7.26. The Hall–Kier alpha value is -1.97. The van der Waals surface area contributed by atoms with Crippen molar-refractivity contribution in [1.82, 2.24) is 0 Å². The van der Waals surface area contributed by atoms with E-state index in [1.54, 1.807) is 24.3 Å². The van der Waals surface area contributed by atoms with Gasteiger partial charge in [-0.3, -0.25) is 0 Å². The van der Waals surface area contributed by atoms with Crippen LogP contribution in [0.25, 0.3) is 11.0 Å². The molecule has 1 aromatic carbocycles. The zero-order valence-corrected chi connectivity index (χ0v) is 8.44. The van der Waals surface area contributed by atoms with E-state index in [1.807, 2.05) is 0 Å². The van der Waals surface area contributed by atoms with Gasteiger partial charge < -0.3 is 13.9 Å². The Labute approximate surface area is 86.4 Å². The van der Waals surface area contributed by atoms with Crippen LogP contribution in [0.3, 0.4) is 0 Å². The smallest absolute Gasteiger partial charge is 0.338 e. The topological polar surface area (TPSA) is 48.7 Å². The summed E-state index contributed by atoms with van der Waals surface area (Å²) in [6.45, 7) is 0. The second-order valence-corrected chi connectivity index (χ2v) is 2.98. The molecule has 0 aliphatic carbocycles. The normalized spacial score (nSPS) is 10.3. The van der Waals surface area contributed by atoms with E-state index in [0.29, 0.717) is 22.5 Å². The third-order valence-corrected chi connectivity index (χ3v) is 2.15. The van der Waals surface area contributed by atoms with Gasteiger partial charge in [-0.15, -0.1) is 0 Å². The minimum absolute atomic E-state index is 0.376. The molecular weight excluding hydrogens is 196 g/mol. The maximum Gasteiger partial charge on any atom is 0.338 e. The Kier molecular flexibility index (Phi) is 2.33. The highest BCUT2D eigenvalue weighted by atomic mass is 16.6. The van der Waals surface area contributed by atoms with Gasteiger partial charge in [-0.05, 0) is 12.1 Å². The molecule has 78 valence electrons. The number of methoxy groups -OCH3 is 2. The van der Waals surface area contributed by atoms with Crippen molar-refractivity contribution in [3.8, 4) is 5.95 Å². The van der Waals surface area contributed by atoms with Crippen LogP contribution in [0.15, 0.2) is 28.7 Å². The van der Waals surface area contributed by atoms with Gasteiger partial charge in [-0.1, -0.05) is 6.07 Å². The van der Waals surface area contributed by atoms with Gasteiger partial charge in [0.2, 0.25) is 0 Å². The molecule has 4 heteroatoms. The third-order valence-electron chi connectivity index (χ3n) is 2.15. The summed E-state index contributed by atoms with van der Waals surface area (Å²) >= 11 is 0. The lowest BCUT2D eigenvalue weighted by Crippen LogP contribution is -2.00. The van der Waals surface area contributed by atoms with Gasteiger partial charge >= 0.3 is 5.97 Å². The van der Waals surface area contributed by atoms with E-state index in [4.69, 9.17) is 9.15 Å². The number of ether oxygens (including phenoxy) is 2. The molecule has 0 amide bonds. The minimum atomic E-state index is -0.385. The fraction of sp³-hybridized carbons (Fsp3) is 0.182. The fourth-order valence-corrected chi connectivity index (χ4v) is 1.43. The van der Waals surface area contributed by atoms with Crippen LogP contribution in [0, 0.1) is 0 Å². The Balaban J connectivity index is 2.64. The predicted molar refractivity (Wildman–Crippen MR) is 54.1 cm³/mol. The highest BCUT2D eigenvalue weighted by molar-refractivity contribution is 6.03. The first-order valence-electron chi connectivity index (χ1n) is 4.41. The van der Waals surface area contributed by atoms with Crippen molar-refractivity contribution < 1.29 is 18.7 Å². The molecule has 0 spiro atoms. The highest BCUT2D eigenvalue weighted by Gasteiger charge is 2.13. The standard InChI is InChI=1S/C11H10O4/c1-13-10-6-8-7(11(12)14-2)4-3-5-9(8)15-10/h3-6H,1-2H3. The van der Waals surface area contributed by atoms with Crippen LogP contribution in [-0.2, 0) is 4.74 Å². The van der Waals surface area contributed by atoms with Crippen molar-refractivity contribution in [2.75, 3.05) is 14.2 Å². The third kappa shape index (κ3) is 1.54. The van der Waals surface area contributed by atoms with E-state index < -0.39 is 0 Å². The number of carbonyl (C=O) groups is 1. The number of carbonyl (C=O) groups excluding carboxylic acids is 1. The summed E-state index contributed by atoms with van der Waals surface area (Å²) in [5.41, 5.74) is 1.08. The lowest BCUT2D eigenvalue weighted by molar-refractivity contribution is 0.0603. The van der Waals surface area contributed by atoms with Crippen LogP contribution in [-0.4, -0.2) is 20.2 Å². The van der Waals surface area contributed by atoms with Crippen molar-refractivity contribution in [2.45, 2.75) is 0 Å². The maximum absolute atomic E-state index is 11.4. The molecule has 0 bridgehead atoms. The average Bonchev–Trinajstić information content (AvgIpc) is 2.70. The van der Waals surface area contributed by atoms with E-state index in [-0.39, 0.29) is 5.97 Å². The average molecular weight is 206 g/mol. The van der Waals surface area contributed by atoms with Crippen molar-refractivity contribution in [2.24, 2.45) is 0 Å². The second kappa shape index (κ2) is 3.65. The summed E-state index contributed by atoms with van der Waals surface area (Å²) in [5, 5.41) is 0.696. The zero-order valence-electron chi connectivity index (χ0n) is 8.44. The van der Waals surface area contributed by atoms with E-state index >= 15 is 0 Å². The lowest BCUT2D eigenvalue weighted by Gasteiger charge is -1.98. The molecule has 1 heterocycles. The van der Waals surface area contributed by atoms with Crippen LogP contribution in [0.5, 0.6) is 5.95 Å². The number of fused-ring (bicyclic) bond motifs is 1. The van der Waals surface area contributed by atoms with Gasteiger partial charge in [0.1, 0.15) is 5.58 Å². The molecule has 0 atom stereocenters. The van der Waals surface area contributed by atoms with Crippen molar-refractivity contribution >= 4 is 16.9 Å². The molecule has 1 aromatic heterocycles. The van der Waals surface area contributed by atoms with E-state index in [0.717, 1.165) is 0 Å². The van der Waals surface area contributed by atoms with Gasteiger partial charge in [-0.25, -0.2) is 4.79 Å². The van der Waals surface area contributed by atoms with Crippen LogP contribution < -0.4 is 4.74 Å². The molecule has 15 heavy (non-hydrogen) atoms. The maximum atomic E-state index is 11.4. The van der Waals surface area contributed by atoms with Crippen molar-refractivity contribution in [3.05, 3.63) is 29.8 Å². The van der Waals surface area contributed by atoms with E-state index in [9.17, 15) is 4.79 Å². The van der Waals surface area contributed by atoms with Crippen LogP contribution in [0.2, 0.25) is 0 Å². The largest absolute Gasteiger partial charge is 0.468 e. The van der Waals surface area contributed by atoms with Crippen molar-refractivity contribution in [1.29, 1.82) is 0 Å². The summed E-state index contributed by atoms with van der Waals surface area (Å²) in [6, 6.07) is 6.85. The molecule has 0 radical (unpaired) electrons. The predicted octanol–water partition coefficient (Wildman–Crippen LogP) is 2.23. The lowest BCUT2D eigenvalue weighted by atomic mass is 10.1. The molecular formula is C11H10O4. The quantitative estimate of drug-likeness (QED) is 0.707. The second-order valence-electron chi connectivity index (χ2n) is 2.98. The van der Waals surface area contributed by atoms with Gasteiger partial charge in [0.05, 0.1) is 19.8 Å². The molecule has 0 saturated carbocycles. The van der Waals surface area contributed by atoms with Gasteiger partial charge in [0.25, 0.3) is 5.95 Å². The minimum Gasteiger partial charge on any atom is -0.468 e. The molecule has 0 aliphatic rings. The fourth-order valence-electron chi connectivity index (χ4n) is 1.43. The Morgan fingerprint density at radius 2 is 2.13 bits per heavy atom. The monoisotopic (exact) mass is 206 g/mol. The molecule has 0 aliphatic heterocycles. The summed E-state index contributed by atoms with van der Waals surface area (Å²) in [6.07, 6.45) is 0. The van der Waals surface area contributed by atoms with E-state index in [1.165, 1.54) is 14.2 Å². The van der Waals surface area contributed by atoms with Crippen LogP contribution in [0.4, 0.5) is 0 Å². The summed E-state index contributed by atoms with van der Waals surface area (Å²) in [5.74, 6) is -0.00888. The number of furan rings is 1. The SMILES string of the molecule is COC(=O)c1cccc2oc(OC)cc12. The molecule has 0 fully saturated rings. The number of hydrogen-bond donors (Lipinski definition) is 0. The summed E-state index contributed by atoms with van der Waals surface area (Å²) in [4.78, 5) is 11.4. The molecule has 0 saturated heterocycles. The van der Waals surface area contributed by atoms with Gasteiger partial charge in [-0.2, -0.15) is 0 Å². The molecule has 0 N–H and O–H groups in total. The Bertz CT molecular complexity index is 498. The highest BCUT2D eigenvalue weighted by Crippen LogP contribution is 2.27. The van der Waals surface area contributed by atoms with Crippen LogP contribution in [0.1, 0.15) is 10.4 Å². The molecule has 0 unspecified atom stereocenters. The number of rotatable bonds is 2. The Morgan fingerprint density at radius 1 is 1.33 bits per heavy atom. The van der Waals surface area contributed by atoms with Crippen molar-refractivity contribution in [3.63, 3.8) is 0 Å². The van der Waals surface area contributed by atoms with E-state index in [2.05, 4.69) is 4.74 Å². The summed E-state index contributed by atoms with van der Waals surface area (Å²) < 4.78 is 14.9. The van der Waals surface area contributed by atoms with Gasteiger partial charge in [0, 0.05) is 11.5 Å². The Morgan fingerprint density at radius 3 is 2.80 bits per heavy atom. The van der Waals surface area contributed by atoms with Crippen LogP contribution >= 0.6 is 0 Å². The number of esters is 1. The number of benzene rings is 1. The first-order valence-corrected chi connectivity index (χ1v) is 4.41. The summed E-state index contributed by atoms with van der Waals surface area (Å²) in [7, 11) is 2.86. The first kappa shape index (κ1) is 9.58.